The molecule has 1 fully saturated rings. The summed E-state index contributed by atoms with van der Waals surface area (Å²) in [5.74, 6) is -3.52. The number of fused-ring (bicyclic) bond motifs is 1. The molecule has 0 radical (unpaired) electrons. The molecule has 0 aliphatic carbocycles. The van der Waals surface area contributed by atoms with Gasteiger partial charge in [0.2, 0.25) is 5.91 Å². The molecule has 0 bridgehead atoms. The highest BCUT2D eigenvalue weighted by Gasteiger charge is 2.37. The molecule has 0 N–H and O–H groups in total. The molecular weight excluding hydrogens is 649 g/mol. The van der Waals surface area contributed by atoms with Crippen molar-refractivity contribution >= 4 is 32.6 Å². The summed E-state index contributed by atoms with van der Waals surface area (Å²) in [7, 11) is -4.15. The minimum Gasteiger partial charge on any atom is -0.352 e. The lowest BCUT2D eigenvalue weighted by Gasteiger charge is -2.41. The number of carbonyl (C=O) groups is 1. The van der Waals surface area contributed by atoms with Crippen molar-refractivity contribution < 1.29 is 35.2 Å². The van der Waals surface area contributed by atoms with Gasteiger partial charge < -0.3 is 9.80 Å². The Morgan fingerprint density at radius 1 is 1.17 bits per heavy atom. The Bertz CT molecular complexity index is 2160. The average Bonchev–Trinajstić information content (AvgIpc) is 3.00. The van der Waals surface area contributed by atoms with E-state index >= 15 is 8.78 Å². The maximum Gasteiger partial charge on any atom is 0.417 e. The topological polar surface area (TPSA) is 142 Å². The first kappa shape index (κ1) is 33.1. The van der Waals surface area contributed by atoms with Crippen LogP contribution in [0.1, 0.15) is 17.5 Å². The number of anilines is 1. The molecule has 1 saturated heterocycles. The number of pyridine rings is 2. The lowest BCUT2D eigenvalue weighted by Crippen LogP contribution is -2.55. The zero-order valence-electron chi connectivity index (χ0n) is 24.7. The standard InChI is InChI=1S/C30H24F5N7O4S/c1-4-22(43)41-13-12-40(15-17(41)8-10-36)26-18-14-21(32)24(23-19(30(33,34)35)6-5-7-20(23)31)38-27(18)42(29(44)39-26)25-16(2)9-11-37-28(25)47(3,45)46/h4-7,9,11,14,17H,1,8,12-13,15H2,2-3H3. The SMILES string of the molecule is C=CC(=O)N1CCN(c2nc(=O)n(-c3c(C)ccnc3S(C)(=O)=O)c3nc(-c4c(F)cccc4C(F)(F)F)c(F)cc23)CC1CC#N. The van der Waals surface area contributed by atoms with Gasteiger partial charge >= 0.3 is 11.9 Å². The van der Waals surface area contributed by atoms with Gasteiger partial charge in [-0.1, -0.05) is 12.6 Å². The van der Waals surface area contributed by atoms with Crippen molar-refractivity contribution in [3.05, 3.63) is 82.4 Å². The molecule has 4 aromatic rings. The Labute approximate surface area is 264 Å². The normalized spacial score (nSPS) is 15.5. The van der Waals surface area contributed by atoms with Gasteiger partial charge in [-0.3, -0.25) is 4.79 Å². The molecule has 1 aromatic carbocycles. The predicted octanol–water partition coefficient (Wildman–Crippen LogP) is 3.97. The molecule has 1 amide bonds. The summed E-state index contributed by atoms with van der Waals surface area (Å²) in [4.78, 5) is 41.3. The molecule has 1 atom stereocenters. The van der Waals surface area contributed by atoms with Crippen LogP contribution >= 0.6 is 0 Å². The van der Waals surface area contributed by atoms with Crippen molar-refractivity contribution in [2.75, 3.05) is 30.8 Å². The molecule has 3 aromatic heterocycles. The summed E-state index contributed by atoms with van der Waals surface area (Å²) >= 11 is 0. The van der Waals surface area contributed by atoms with Crippen LogP contribution in [0.3, 0.4) is 0 Å². The monoisotopic (exact) mass is 673 g/mol. The van der Waals surface area contributed by atoms with Crippen molar-refractivity contribution in [2.24, 2.45) is 0 Å². The van der Waals surface area contributed by atoms with E-state index in [2.05, 4.69) is 21.5 Å². The molecule has 4 heterocycles. The van der Waals surface area contributed by atoms with E-state index in [1.807, 2.05) is 6.07 Å². The van der Waals surface area contributed by atoms with Crippen LogP contribution in [0.4, 0.5) is 27.8 Å². The van der Waals surface area contributed by atoms with E-state index in [0.717, 1.165) is 30.7 Å². The van der Waals surface area contributed by atoms with Crippen LogP contribution < -0.4 is 10.6 Å². The number of aryl methyl sites for hydroxylation is 1. The second-order valence-corrected chi connectivity index (χ2v) is 12.6. The number of halogens is 5. The highest BCUT2D eigenvalue weighted by atomic mass is 32.2. The first-order chi connectivity index (χ1) is 22.1. The number of nitriles is 1. The number of aromatic nitrogens is 4. The van der Waals surface area contributed by atoms with E-state index < -0.39 is 72.8 Å². The van der Waals surface area contributed by atoms with Gasteiger partial charge in [0.15, 0.2) is 26.3 Å². The van der Waals surface area contributed by atoms with Gasteiger partial charge in [-0.2, -0.15) is 23.4 Å². The van der Waals surface area contributed by atoms with Crippen molar-refractivity contribution in [2.45, 2.75) is 30.6 Å². The van der Waals surface area contributed by atoms with Crippen LogP contribution in [-0.2, 0) is 20.8 Å². The second kappa shape index (κ2) is 12.2. The van der Waals surface area contributed by atoms with E-state index in [4.69, 9.17) is 0 Å². The summed E-state index contributed by atoms with van der Waals surface area (Å²) in [5.41, 5.74) is -5.75. The van der Waals surface area contributed by atoms with Crippen LogP contribution in [-0.4, -0.2) is 70.7 Å². The molecule has 47 heavy (non-hydrogen) atoms. The maximum absolute atomic E-state index is 15.9. The minimum atomic E-state index is -5.13. The summed E-state index contributed by atoms with van der Waals surface area (Å²) in [5, 5.41) is 8.54. The summed E-state index contributed by atoms with van der Waals surface area (Å²) in [6, 6.07) is 5.38. The average molecular weight is 674 g/mol. The third-order valence-electron chi connectivity index (χ3n) is 7.59. The Kier molecular flexibility index (Phi) is 8.58. The summed E-state index contributed by atoms with van der Waals surface area (Å²) in [6.45, 7) is 4.87. The quantitative estimate of drug-likeness (QED) is 0.220. The zero-order valence-corrected chi connectivity index (χ0v) is 25.5. The number of alkyl halides is 3. The number of piperazine rings is 1. The second-order valence-electron chi connectivity index (χ2n) is 10.7. The molecule has 244 valence electrons. The maximum atomic E-state index is 15.9. The van der Waals surface area contributed by atoms with Gasteiger partial charge in [0, 0.05) is 32.1 Å². The van der Waals surface area contributed by atoms with Crippen LogP contribution in [0.5, 0.6) is 0 Å². The van der Waals surface area contributed by atoms with Gasteiger partial charge in [-0.25, -0.2) is 36.5 Å². The largest absolute Gasteiger partial charge is 0.417 e. The van der Waals surface area contributed by atoms with Crippen LogP contribution in [0.2, 0.25) is 0 Å². The van der Waals surface area contributed by atoms with E-state index in [1.54, 1.807) is 0 Å². The fourth-order valence-corrected chi connectivity index (χ4v) is 6.38. The lowest BCUT2D eigenvalue weighted by atomic mass is 10.0. The van der Waals surface area contributed by atoms with Gasteiger partial charge in [-0.15, -0.1) is 0 Å². The Hall–Kier alpha value is -5.24. The van der Waals surface area contributed by atoms with E-state index in [1.165, 1.54) is 22.8 Å². The molecule has 1 aliphatic rings. The zero-order chi connectivity index (χ0) is 34.4. The lowest BCUT2D eigenvalue weighted by molar-refractivity contribution is -0.137. The van der Waals surface area contributed by atoms with E-state index in [-0.39, 0.29) is 48.5 Å². The van der Waals surface area contributed by atoms with Crippen molar-refractivity contribution in [1.82, 2.24) is 24.4 Å². The number of amides is 1. The van der Waals surface area contributed by atoms with Crippen LogP contribution in [0.15, 0.2) is 59.0 Å². The number of sulfone groups is 1. The fourth-order valence-electron chi connectivity index (χ4n) is 5.53. The molecule has 5 rings (SSSR count). The molecule has 17 heteroatoms. The molecule has 1 aliphatic heterocycles. The van der Waals surface area contributed by atoms with Gasteiger partial charge in [0.25, 0.3) is 0 Å². The Balaban J connectivity index is 1.88. The number of hydrogen-bond donors (Lipinski definition) is 0. The van der Waals surface area contributed by atoms with Gasteiger partial charge in [0.05, 0.1) is 40.7 Å². The molecule has 0 saturated carbocycles. The third-order valence-corrected chi connectivity index (χ3v) is 8.59. The molecule has 0 spiro atoms. The van der Waals surface area contributed by atoms with Crippen molar-refractivity contribution in [3.63, 3.8) is 0 Å². The Morgan fingerprint density at radius 3 is 2.53 bits per heavy atom. The van der Waals surface area contributed by atoms with Crippen LogP contribution in [0.25, 0.3) is 28.0 Å². The van der Waals surface area contributed by atoms with Crippen molar-refractivity contribution in [3.8, 4) is 23.0 Å². The number of nitrogens with zero attached hydrogens (tertiary/aromatic N) is 7. The van der Waals surface area contributed by atoms with Crippen molar-refractivity contribution in [1.29, 1.82) is 5.26 Å². The molecule has 11 nitrogen and oxygen atoms in total. The molecule has 1 unspecified atom stereocenters. The number of benzene rings is 1. The number of carbonyl (C=O) groups excluding carboxylic acids is 1. The predicted molar refractivity (Wildman–Crippen MR) is 159 cm³/mol. The highest BCUT2D eigenvalue weighted by Crippen LogP contribution is 2.40. The van der Waals surface area contributed by atoms with E-state index in [0.29, 0.717) is 16.7 Å². The first-order valence-corrected chi connectivity index (χ1v) is 15.7. The molecular formula is C30H24F5N7O4S. The number of rotatable bonds is 6. The first-order valence-electron chi connectivity index (χ1n) is 13.8. The van der Waals surface area contributed by atoms with Crippen LogP contribution in [0, 0.1) is 29.9 Å². The highest BCUT2D eigenvalue weighted by molar-refractivity contribution is 7.90. The number of hydrogen-bond acceptors (Lipinski definition) is 9. The van der Waals surface area contributed by atoms with Gasteiger partial charge in [-0.05, 0) is 42.8 Å². The third kappa shape index (κ3) is 6.03. The summed E-state index contributed by atoms with van der Waals surface area (Å²) in [6.07, 6.45) is -2.21. The fraction of sp³-hybridized carbons (Fsp3) is 0.267. The summed E-state index contributed by atoms with van der Waals surface area (Å²) < 4.78 is 99.3. The van der Waals surface area contributed by atoms with E-state index in [9.17, 15) is 36.4 Å². The Morgan fingerprint density at radius 2 is 1.89 bits per heavy atom. The smallest absolute Gasteiger partial charge is 0.352 e. The van der Waals surface area contributed by atoms with Gasteiger partial charge in [0.1, 0.15) is 17.3 Å². The minimum absolute atomic E-state index is 0.0163.